The number of aromatic nitrogens is 2. The molecule has 10 heteroatoms. The Labute approximate surface area is 140 Å². The molecule has 1 aromatic rings. The number of halogens is 1. The number of nitrogens with zero attached hydrogens (tertiary/aromatic N) is 4. The average molecular weight is 346 g/mol. The smallest absolute Gasteiger partial charge is 0.410 e. The number of hydrogen-bond acceptors (Lipinski definition) is 6. The van der Waals surface area contributed by atoms with Gasteiger partial charge in [0.25, 0.3) is 0 Å². The lowest BCUT2D eigenvalue weighted by atomic mass is 10.2. The van der Waals surface area contributed by atoms with Crippen molar-refractivity contribution in [3.05, 3.63) is 28.7 Å². The van der Waals surface area contributed by atoms with Crippen molar-refractivity contribution >= 4 is 11.9 Å². The lowest BCUT2D eigenvalue weighted by molar-refractivity contribution is -0.962. The molecule has 1 N–H and O–H groups in total. The molecule has 9 nitrogen and oxygen atoms in total. The highest BCUT2D eigenvalue weighted by Gasteiger charge is 2.43. The molecular weight excluding hydrogens is 326 g/mol. The minimum absolute atomic E-state index is 0. The predicted octanol–water partition coefficient (Wildman–Crippen LogP) is -3.15. The summed E-state index contributed by atoms with van der Waals surface area (Å²) >= 11 is 0. The Morgan fingerprint density at radius 1 is 1.52 bits per heavy atom. The zero-order valence-electron chi connectivity index (χ0n) is 13.2. The molecule has 0 spiro atoms. The average Bonchev–Trinajstić information content (AvgIpc) is 2.45. The van der Waals surface area contributed by atoms with Crippen molar-refractivity contribution in [3.63, 3.8) is 0 Å². The molecule has 0 saturated carbocycles. The van der Waals surface area contributed by atoms with Gasteiger partial charge in [-0.1, -0.05) is 0 Å². The van der Waals surface area contributed by atoms with Crippen LogP contribution in [0.3, 0.4) is 0 Å². The van der Waals surface area contributed by atoms with Crippen LogP contribution in [0.1, 0.15) is 20.8 Å². The molecule has 2 heterocycles. The monoisotopic (exact) mass is 345 g/mol. The van der Waals surface area contributed by atoms with Gasteiger partial charge in [0.2, 0.25) is 5.82 Å². The molecule has 1 aliphatic rings. The summed E-state index contributed by atoms with van der Waals surface area (Å²) in [7, 11) is 0. The fraction of sp³-hybridized carbons (Fsp3) is 0.615. The summed E-state index contributed by atoms with van der Waals surface area (Å²) in [4.78, 5) is 32.9. The molecule has 128 valence electrons. The maximum atomic E-state index is 12.1. The Bertz CT molecular complexity index is 551. The second kappa shape index (κ2) is 7.51. The van der Waals surface area contributed by atoms with Gasteiger partial charge in [-0.2, -0.15) is 4.98 Å². The molecule has 1 aliphatic heterocycles. The van der Waals surface area contributed by atoms with Gasteiger partial charge in [0.15, 0.2) is 0 Å². The van der Waals surface area contributed by atoms with Gasteiger partial charge >= 0.3 is 12.3 Å². The molecule has 1 fully saturated rings. The van der Waals surface area contributed by atoms with Crippen LogP contribution in [0.4, 0.5) is 10.6 Å². The first-order valence-corrected chi connectivity index (χ1v) is 7.01. The van der Waals surface area contributed by atoms with Crippen molar-refractivity contribution < 1.29 is 31.8 Å². The van der Waals surface area contributed by atoms with Gasteiger partial charge in [0.05, 0.1) is 11.5 Å². The molecular formula is C13H20ClN5O4. The topological polar surface area (TPSA) is 103 Å². The Kier molecular flexibility index (Phi) is 6.22. The van der Waals surface area contributed by atoms with Gasteiger partial charge in [0, 0.05) is 12.3 Å². The molecule has 2 unspecified atom stereocenters. The predicted molar refractivity (Wildman–Crippen MR) is 76.1 cm³/mol. The van der Waals surface area contributed by atoms with Crippen LogP contribution in [0.15, 0.2) is 18.6 Å². The number of rotatable bonds is 2. The number of piperazine rings is 1. The van der Waals surface area contributed by atoms with Gasteiger partial charge in [-0.15, -0.1) is 0 Å². The van der Waals surface area contributed by atoms with Crippen molar-refractivity contribution in [1.29, 1.82) is 0 Å². The fourth-order valence-corrected chi connectivity index (χ4v) is 2.30. The van der Waals surface area contributed by atoms with Gasteiger partial charge in [-0.25, -0.2) is 14.7 Å². The Hall–Kier alpha value is -2.00. The number of amides is 1. The molecule has 1 saturated heterocycles. The van der Waals surface area contributed by atoms with E-state index < -0.39 is 17.9 Å². The van der Waals surface area contributed by atoms with Crippen LogP contribution in [0, 0.1) is 10.1 Å². The highest BCUT2D eigenvalue weighted by Crippen LogP contribution is 2.11. The third kappa shape index (κ3) is 5.00. The summed E-state index contributed by atoms with van der Waals surface area (Å²) < 4.78 is 5.28. The number of nitrogens with one attached hydrogen (secondary N) is 1. The van der Waals surface area contributed by atoms with Gasteiger partial charge in [0.1, 0.15) is 25.0 Å². The zero-order chi connectivity index (χ0) is 16.3. The Balaban J connectivity index is 0.00000264. The van der Waals surface area contributed by atoms with E-state index in [-0.39, 0.29) is 23.9 Å². The van der Waals surface area contributed by atoms with Crippen LogP contribution in [0.25, 0.3) is 0 Å². The van der Waals surface area contributed by atoms with Gasteiger partial charge in [-0.05, 0) is 20.8 Å². The summed E-state index contributed by atoms with van der Waals surface area (Å²) in [6, 6.07) is 1.65. The van der Waals surface area contributed by atoms with Gasteiger partial charge in [-0.3, -0.25) is 15.0 Å². The van der Waals surface area contributed by atoms with Crippen LogP contribution in [0.2, 0.25) is 0 Å². The van der Waals surface area contributed by atoms with E-state index >= 15 is 0 Å². The van der Waals surface area contributed by atoms with Crippen molar-refractivity contribution in [1.82, 2.24) is 14.9 Å². The van der Waals surface area contributed by atoms with E-state index in [0.717, 1.165) is 0 Å². The quantitative estimate of drug-likeness (QED) is 0.448. The third-order valence-electron chi connectivity index (χ3n) is 3.26. The van der Waals surface area contributed by atoms with Crippen LogP contribution in [-0.4, -0.2) is 57.3 Å². The minimum atomic E-state index is -0.976. The number of hydrogen-bond donors (Lipinski definition) is 1. The second-order valence-electron chi connectivity index (χ2n) is 6.10. The Morgan fingerprint density at radius 3 is 2.74 bits per heavy atom. The standard InChI is InChI=1S/C13H19N5O4.ClH/c1-13(2,3)22-12(19)16-6-7-17(11(8-16)18(20)21)10-4-5-14-9-15-10;/h4-5,9,11H,6-8H2,1-3H3;1H. The highest BCUT2D eigenvalue weighted by molar-refractivity contribution is 5.68. The second-order valence-corrected chi connectivity index (χ2v) is 6.10. The van der Waals surface area contributed by atoms with Crippen molar-refractivity contribution in [2.75, 3.05) is 19.6 Å². The van der Waals surface area contributed by atoms with Crippen LogP contribution >= 0.6 is 0 Å². The number of carbonyl (C=O) groups excluding carboxylic acids is 1. The van der Waals surface area contributed by atoms with Crippen molar-refractivity contribution in [3.8, 4) is 0 Å². The number of carbonyl (C=O) groups is 1. The SMILES string of the molecule is CC(C)(C)OC(=O)N1CC[NH+](c2ccncn2)C([N+](=O)[O-])C1.[Cl-]. The molecule has 0 bridgehead atoms. The third-order valence-corrected chi connectivity index (χ3v) is 3.26. The van der Waals surface area contributed by atoms with Crippen molar-refractivity contribution in [2.24, 2.45) is 0 Å². The molecule has 0 aromatic carbocycles. The van der Waals surface area contributed by atoms with Crippen LogP contribution < -0.4 is 17.3 Å². The highest BCUT2D eigenvalue weighted by atomic mass is 35.5. The molecule has 2 atom stereocenters. The maximum Gasteiger partial charge on any atom is 0.410 e. The number of ether oxygens (including phenoxy) is 1. The largest absolute Gasteiger partial charge is 1.00 e. The molecule has 1 aromatic heterocycles. The summed E-state index contributed by atoms with van der Waals surface area (Å²) in [5, 5.41) is 11.4. The number of quaternary nitrogens is 1. The molecule has 1 amide bonds. The summed E-state index contributed by atoms with van der Waals surface area (Å²) in [6.45, 7) is 6.04. The molecule has 2 rings (SSSR count). The van der Waals surface area contributed by atoms with E-state index in [1.807, 2.05) is 0 Å². The van der Waals surface area contributed by atoms with E-state index in [0.29, 0.717) is 23.8 Å². The van der Waals surface area contributed by atoms with E-state index in [2.05, 4.69) is 9.97 Å². The van der Waals surface area contributed by atoms with Crippen LogP contribution in [-0.2, 0) is 4.74 Å². The molecule has 0 radical (unpaired) electrons. The maximum absolute atomic E-state index is 12.1. The Morgan fingerprint density at radius 2 is 2.22 bits per heavy atom. The summed E-state index contributed by atoms with van der Waals surface area (Å²) in [5.74, 6) is 0.556. The van der Waals surface area contributed by atoms with E-state index in [1.165, 1.54) is 11.2 Å². The van der Waals surface area contributed by atoms with Crippen molar-refractivity contribution in [2.45, 2.75) is 32.5 Å². The van der Waals surface area contributed by atoms with E-state index in [4.69, 9.17) is 4.74 Å². The first-order valence-electron chi connectivity index (χ1n) is 7.01. The molecule has 23 heavy (non-hydrogen) atoms. The minimum Gasteiger partial charge on any atom is -1.00 e. The summed E-state index contributed by atoms with van der Waals surface area (Å²) in [5.41, 5.74) is -0.627. The first kappa shape index (κ1) is 19.0. The lowest BCUT2D eigenvalue weighted by Gasteiger charge is -2.33. The van der Waals surface area contributed by atoms with Gasteiger partial charge < -0.3 is 17.1 Å². The summed E-state index contributed by atoms with van der Waals surface area (Å²) in [6.07, 6.45) is 1.41. The molecule has 0 aliphatic carbocycles. The normalized spacial score (nSPS) is 21.3. The van der Waals surface area contributed by atoms with E-state index in [9.17, 15) is 14.9 Å². The van der Waals surface area contributed by atoms with Crippen LogP contribution in [0.5, 0.6) is 0 Å². The number of nitro groups is 1. The lowest BCUT2D eigenvalue weighted by Crippen LogP contribution is -3.16. The fourth-order valence-electron chi connectivity index (χ4n) is 2.30. The first-order chi connectivity index (χ1) is 10.3. The van der Waals surface area contributed by atoms with E-state index in [1.54, 1.807) is 33.0 Å². The zero-order valence-corrected chi connectivity index (χ0v) is 14.0.